The monoisotopic (exact) mass is 456 g/mol. The number of unbranched alkanes of at least 4 members (excludes halogenated alkanes) is 4. The number of anilines is 1. The fourth-order valence-electron chi connectivity index (χ4n) is 2.63. The van der Waals surface area contributed by atoms with Gasteiger partial charge >= 0.3 is 12.0 Å². The Morgan fingerprint density at radius 2 is 1.79 bits per heavy atom. The minimum Gasteiger partial charge on any atom is -0.465 e. The highest BCUT2D eigenvalue weighted by Gasteiger charge is 2.06. The normalized spacial score (nSPS) is 10.5. The van der Waals surface area contributed by atoms with E-state index in [1.54, 1.807) is 6.92 Å². The highest BCUT2D eigenvalue weighted by atomic mass is 79.9. The third kappa shape index (κ3) is 12.7. The number of hydrogen-bond acceptors (Lipinski definition) is 4. The SMILES string of the molecule is CCOC(=O)CNC(=O)Nc1cccc(CCCCOCCCCCCBr)c1. The van der Waals surface area contributed by atoms with E-state index in [1.165, 1.54) is 19.3 Å². The van der Waals surface area contributed by atoms with Crippen LogP contribution in [-0.2, 0) is 20.7 Å². The van der Waals surface area contributed by atoms with Gasteiger partial charge in [0.1, 0.15) is 6.54 Å². The van der Waals surface area contributed by atoms with Crippen molar-refractivity contribution in [2.24, 2.45) is 0 Å². The lowest BCUT2D eigenvalue weighted by Crippen LogP contribution is -2.34. The van der Waals surface area contributed by atoms with Crippen LogP contribution in [0, 0.1) is 0 Å². The van der Waals surface area contributed by atoms with Crippen molar-refractivity contribution in [3.05, 3.63) is 29.8 Å². The molecule has 0 aliphatic rings. The van der Waals surface area contributed by atoms with Crippen molar-refractivity contribution in [1.29, 1.82) is 0 Å². The Morgan fingerprint density at radius 3 is 2.54 bits per heavy atom. The number of benzene rings is 1. The van der Waals surface area contributed by atoms with Crippen LogP contribution in [-0.4, -0.2) is 43.7 Å². The molecule has 0 heterocycles. The standard InChI is InChI=1S/C21H33BrN2O4/c1-2-28-20(25)17-23-21(26)24-19-12-9-11-18(16-19)10-5-8-15-27-14-7-4-3-6-13-22/h9,11-12,16H,2-8,10,13-15,17H2,1H3,(H2,23,24,26). The molecule has 0 bridgehead atoms. The highest BCUT2D eigenvalue weighted by molar-refractivity contribution is 9.09. The average Bonchev–Trinajstić information content (AvgIpc) is 2.68. The van der Waals surface area contributed by atoms with Crippen LogP contribution in [0.3, 0.4) is 0 Å². The molecule has 0 unspecified atom stereocenters. The fraction of sp³-hybridized carbons (Fsp3) is 0.619. The van der Waals surface area contributed by atoms with Crippen LogP contribution in [0.4, 0.5) is 10.5 Å². The summed E-state index contributed by atoms with van der Waals surface area (Å²) < 4.78 is 10.4. The Balaban J connectivity index is 2.16. The number of carbonyl (C=O) groups excluding carboxylic acids is 2. The number of urea groups is 1. The summed E-state index contributed by atoms with van der Waals surface area (Å²) in [6, 6.07) is 7.32. The minimum absolute atomic E-state index is 0.143. The van der Waals surface area contributed by atoms with Crippen LogP contribution in [0.2, 0.25) is 0 Å². The Bertz CT molecular complexity index is 569. The zero-order valence-corrected chi connectivity index (χ0v) is 18.4. The van der Waals surface area contributed by atoms with Crippen molar-refractivity contribution in [2.45, 2.75) is 51.9 Å². The predicted octanol–water partition coefficient (Wildman–Crippen LogP) is 4.67. The molecule has 2 N–H and O–H groups in total. The van der Waals surface area contributed by atoms with Gasteiger partial charge in [0.05, 0.1) is 6.61 Å². The van der Waals surface area contributed by atoms with E-state index in [4.69, 9.17) is 9.47 Å². The summed E-state index contributed by atoms with van der Waals surface area (Å²) in [4.78, 5) is 23.1. The first-order valence-corrected chi connectivity index (χ1v) is 11.2. The third-order valence-corrected chi connectivity index (χ3v) is 4.62. The number of halogens is 1. The number of carbonyl (C=O) groups is 2. The number of esters is 1. The van der Waals surface area contributed by atoms with Gasteiger partial charge in [0.25, 0.3) is 0 Å². The molecule has 0 radical (unpaired) electrons. The smallest absolute Gasteiger partial charge is 0.325 e. The van der Waals surface area contributed by atoms with E-state index in [2.05, 4.69) is 26.6 Å². The van der Waals surface area contributed by atoms with Gasteiger partial charge in [0.2, 0.25) is 0 Å². The van der Waals surface area contributed by atoms with Gasteiger partial charge < -0.3 is 20.1 Å². The molecule has 158 valence electrons. The molecule has 0 atom stereocenters. The van der Waals surface area contributed by atoms with Crippen LogP contribution in [0.25, 0.3) is 0 Å². The highest BCUT2D eigenvalue weighted by Crippen LogP contribution is 2.13. The zero-order valence-electron chi connectivity index (χ0n) is 16.8. The van der Waals surface area contributed by atoms with Crippen LogP contribution < -0.4 is 10.6 Å². The van der Waals surface area contributed by atoms with E-state index in [0.717, 1.165) is 49.8 Å². The summed E-state index contributed by atoms with van der Waals surface area (Å²) in [5.74, 6) is -0.451. The number of aryl methyl sites for hydroxylation is 1. The quantitative estimate of drug-likeness (QED) is 0.228. The number of amides is 2. The molecule has 0 spiro atoms. The number of alkyl halides is 1. The second-order valence-corrected chi connectivity index (χ2v) is 7.28. The average molecular weight is 457 g/mol. The van der Waals surface area contributed by atoms with Crippen molar-refractivity contribution < 1.29 is 19.1 Å². The molecule has 0 saturated carbocycles. The molecule has 1 aromatic rings. The molecule has 7 heteroatoms. The van der Waals surface area contributed by atoms with Crippen LogP contribution >= 0.6 is 15.9 Å². The molecule has 2 amide bonds. The Hall–Kier alpha value is -1.60. The largest absolute Gasteiger partial charge is 0.465 e. The predicted molar refractivity (Wildman–Crippen MR) is 116 cm³/mol. The molecule has 1 rings (SSSR count). The lowest BCUT2D eigenvalue weighted by molar-refractivity contribution is -0.141. The lowest BCUT2D eigenvalue weighted by atomic mass is 10.1. The van der Waals surface area contributed by atoms with Gasteiger partial charge in [-0.1, -0.05) is 40.9 Å². The summed E-state index contributed by atoms with van der Waals surface area (Å²) in [5.41, 5.74) is 1.87. The molecule has 0 aliphatic heterocycles. The second-order valence-electron chi connectivity index (χ2n) is 6.49. The number of hydrogen-bond donors (Lipinski definition) is 2. The van der Waals surface area contributed by atoms with E-state index in [0.29, 0.717) is 12.3 Å². The van der Waals surface area contributed by atoms with E-state index < -0.39 is 12.0 Å². The fourth-order valence-corrected chi connectivity index (χ4v) is 3.03. The maximum absolute atomic E-state index is 11.8. The van der Waals surface area contributed by atoms with Crippen molar-refractivity contribution in [3.8, 4) is 0 Å². The van der Waals surface area contributed by atoms with E-state index >= 15 is 0 Å². The molecule has 0 aliphatic carbocycles. The molecule has 6 nitrogen and oxygen atoms in total. The topological polar surface area (TPSA) is 76.7 Å². The van der Waals surface area contributed by atoms with Crippen LogP contribution in [0.1, 0.15) is 51.0 Å². The Labute approximate surface area is 176 Å². The molecule has 0 saturated heterocycles. The summed E-state index contributed by atoms with van der Waals surface area (Å²) in [6.07, 6.45) is 7.88. The number of ether oxygens (including phenoxy) is 2. The molecule has 1 aromatic carbocycles. The van der Waals surface area contributed by atoms with Gasteiger partial charge in [0.15, 0.2) is 0 Å². The maximum atomic E-state index is 11.8. The summed E-state index contributed by atoms with van der Waals surface area (Å²) >= 11 is 3.44. The zero-order chi connectivity index (χ0) is 20.5. The lowest BCUT2D eigenvalue weighted by Gasteiger charge is -2.09. The summed E-state index contributed by atoms with van der Waals surface area (Å²) in [7, 11) is 0. The van der Waals surface area contributed by atoms with E-state index in [-0.39, 0.29) is 6.54 Å². The first-order valence-electron chi connectivity index (χ1n) is 10.1. The van der Waals surface area contributed by atoms with Gasteiger partial charge in [-0.3, -0.25) is 4.79 Å². The van der Waals surface area contributed by atoms with E-state index in [1.807, 2.05) is 24.3 Å². The first kappa shape index (κ1) is 24.4. The van der Waals surface area contributed by atoms with Gasteiger partial charge in [-0.05, 0) is 56.7 Å². The van der Waals surface area contributed by atoms with Gasteiger partial charge in [-0.2, -0.15) is 0 Å². The third-order valence-electron chi connectivity index (χ3n) is 4.06. The second kappa shape index (κ2) is 16.4. The molecular weight excluding hydrogens is 424 g/mol. The Morgan fingerprint density at radius 1 is 1.04 bits per heavy atom. The molecule has 0 fully saturated rings. The molecule has 0 aromatic heterocycles. The Kier molecular flexibility index (Phi) is 14.3. The first-order chi connectivity index (χ1) is 13.7. The van der Waals surface area contributed by atoms with Crippen molar-refractivity contribution >= 4 is 33.6 Å². The summed E-state index contributed by atoms with van der Waals surface area (Å²) in [6.45, 7) is 3.53. The molecule has 28 heavy (non-hydrogen) atoms. The van der Waals surface area contributed by atoms with Gasteiger partial charge in [0, 0.05) is 24.2 Å². The molecular formula is C21H33BrN2O4. The van der Waals surface area contributed by atoms with Crippen molar-refractivity contribution in [1.82, 2.24) is 5.32 Å². The summed E-state index contributed by atoms with van der Waals surface area (Å²) in [5, 5.41) is 6.30. The van der Waals surface area contributed by atoms with Gasteiger partial charge in [-0.25, -0.2) is 4.79 Å². The number of rotatable bonds is 15. The van der Waals surface area contributed by atoms with Crippen molar-refractivity contribution in [3.63, 3.8) is 0 Å². The maximum Gasteiger partial charge on any atom is 0.325 e. The van der Waals surface area contributed by atoms with Gasteiger partial charge in [-0.15, -0.1) is 0 Å². The number of nitrogens with one attached hydrogen (secondary N) is 2. The minimum atomic E-state index is -0.451. The van der Waals surface area contributed by atoms with Crippen molar-refractivity contribution in [2.75, 3.05) is 37.0 Å². The van der Waals surface area contributed by atoms with E-state index in [9.17, 15) is 9.59 Å². The van der Waals surface area contributed by atoms with Crippen LogP contribution in [0.15, 0.2) is 24.3 Å². The van der Waals surface area contributed by atoms with Crippen LogP contribution in [0.5, 0.6) is 0 Å².